The molecule has 2 N–H and O–H groups in total. The van der Waals surface area contributed by atoms with E-state index in [1.54, 1.807) is 0 Å². The summed E-state index contributed by atoms with van der Waals surface area (Å²) >= 11 is 0. The van der Waals surface area contributed by atoms with Crippen molar-refractivity contribution in [3.63, 3.8) is 0 Å². The molecule has 0 radical (unpaired) electrons. The second kappa shape index (κ2) is 9.72. The van der Waals surface area contributed by atoms with Gasteiger partial charge in [0.25, 0.3) is 0 Å². The lowest BCUT2D eigenvalue weighted by Crippen LogP contribution is -2.13. The predicted octanol–water partition coefficient (Wildman–Crippen LogP) is -0.138. The summed E-state index contributed by atoms with van der Waals surface area (Å²) in [6.07, 6.45) is 3.61. The molecule has 0 unspecified atom stereocenters. The monoisotopic (exact) mass is 205 g/mol. The molecule has 0 saturated heterocycles. The third-order valence-corrected chi connectivity index (χ3v) is 0.804. The van der Waals surface area contributed by atoms with Crippen LogP contribution in [0.2, 0.25) is 0 Å². The second-order valence-electron chi connectivity index (χ2n) is 1.82. The van der Waals surface area contributed by atoms with E-state index in [2.05, 4.69) is 65.2 Å². The van der Waals surface area contributed by atoms with Crippen LogP contribution in [-0.2, 0) is 0 Å². The minimum Gasteiger partial charge on any atom is -0.464 e. The average Bonchev–Trinajstić information content (AvgIpc) is 2.25. The van der Waals surface area contributed by atoms with Gasteiger partial charge in [-0.1, -0.05) is 0 Å². The van der Waals surface area contributed by atoms with Gasteiger partial charge in [-0.2, -0.15) is 0 Å². The molecular formula is C13H3NO2. The van der Waals surface area contributed by atoms with Gasteiger partial charge in [-0.3, -0.25) is 0 Å². The van der Waals surface area contributed by atoms with Crippen molar-refractivity contribution in [3.05, 3.63) is 0 Å². The van der Waals surface area contributed by atoms with Gasteiger partial charge in [-0.05, 0) is 29.6 Å². The highest BCUT2D eigenvalue weighted by atomic mass is 16.4. The van der Waals surface area contributed by atoms with Crippen molar-refractivity contribution in [1.29, 1.82) is 0 Å². The first-order valence-corrected chi connectivity index (χ1v) is 3.72. The summed E-state index contributed by atoms with van der Waals surface area (Å²) in [6, 6.07) is 2.08. The van der Waals surface area contributed by atoms with Crippen molar-refractivity contribution in [3.8, 4) is 71.7 Å². The molecule has 0 aliphatic heterocycles. The van der Waals surface area contributed by atoms with Crippen molar-refractivity contribution in [1.82, 2.24) is 5.32 Å². The smallest absolute Gasteiger partial charge is 0.416 e. The Morgan fingerprint density at radius 2 is 1.31 bits per heavy atom. The quantitative estimate of drug-likeness (QED) is 0.427. The molecule has 72 valence electrons. The number of carbonyl (C=O) groups is 1. The molecule has 0 aliphatic rings. The third-order valence-electron chi connectivity index (χ3n) is 0.804. The summed E-state index contributed by atoms with van der Waals surface area (Å²) in [5, 5.41) is 9.93. The van der Waals surface area contributed by atoms with Crippen molar-refractivity contribution < 1.29 is 9.90 Å². The molecule has 0 heterocycles. The van der Waals surface area contributed by atoms with E-state index < -0.39 is 6.09 Å². The van der Waals surface area contributed by atoms with Crippen LogP contribution in [0.15, 0.2) is 0 Å². The van der Waals surface area contributed by atoms with Crippen LogP contribution in [0, 0.1) is 71.7 Å². The Hall–Kier alpha value is -3.37. The zero-order chi connectivity index (χ0) is 12.1. The molecule has 0 aliphatic carbocycles. The third kappa shape index (κ3) is 10.6. The van der Waals surface area contributed by atoms with Gasteiger partial charge in [-0.15, -0.1) is 6.42 Å². The van der Waals surface area contributed by atoms with Crippen LogP contribution >= 0.6 is 0 Å². The Kier molecular flexibility index (Phi) is 7.67. The maximum absolute atomic E-state index is 9.92. The molecule has 0 fully saturated rings. The standard InChI is InChI=1S/C13H3NO2/c1-2-3-4-5-6-7-8-9-10-11-12-14-13(15)16/h1,14H,(H,15,16). The van der Waals surface area contributed by atoms with Gasteiger partial charge in [0.05, 0.1) is 0 Å². The van der Waals surface area contributed by atoms with E-state index in [4.69, 9.17) is 11.5 Å². The zero-order valence-corrected chi connectivity index (χ0v) is 7.93. The normalized spacial score (nSPS) is 4.69. The molecule has 1 amide bonds. The van der Waals surface area contributed by atoms with Crippen LogP contribution in [0.4, 0.5) is 4.79 Å². The minimum absolute atomic E-state index is 1.24. The molecule has 0 spiro atoms. The number of rotatable bonds is 0. The second-order valence-corrected chi connectivity index (χ2v) is 1.82. The van der Waals surface area contributed by atoms with E-state index in [0.29, 0.717) is 0 Å². The maximum atomic E-state index is 9.92. The number of carboxylic acid groups (broad SMARTS) is 1. The summed E-state index contributed by atoms with van der Waals surface area (Å²) in [7, 11) is 0. The number of terminal acetylenes is 1. The van der Waals surface area contributed by atoms with Crippen LogP contribution in [0.3, 0.4) is 0 Å². The van der Waals surface area contributed by atoms with Crippen molar-refractivity contribution in [2.75, 3.05) is 0 Å². The van der Waals surface area contributed by atoms with Crippen LogP contribution < -0.4 is 5.32 Å². The SMILES string of the molecule is C#CC#CC#CC#CC#CC#CNC(=O)O. The van der Waals surface area contributed by atoms with Crippen molar-refractivity contribution >= 4 is 6.09 Å². The van der Waals surface area contributed by atoms with Crippen molar-refractivity contribution in [2.24, 2.45) is 0 Å². The highest BCUT2D eigenvalue weighted by Crippen LogP contribution is 1.57. The highest BCUT2D eigenvalue weighted by molar-refractivity contribution is 5.67. The van der Waals surface area contributed by atoms with Gasteiger partial charge in [0.1, 0.15) is 0 Å². The fourth-order valence-corrected chi connectivity index (χ4v) is 0.371. The fourth-order valence-electron chi connectivity index (χ4n) is 0.371. The molecule has 0 aromatic heterocycles. The number of nitrogens with one attached hydrogen (secondary N) is 1. The van der Waals surface area contributed by atoms with E-state index in [-0.39, 0.29) is 0 Å². The maximum Gasteiger partial charge on any atom is 0.416 e. The minimum atomic E-state index is -1.24. The molecule has 3 nitrogen and oxygen atoms in total. The van der Waals surface area contributed by atoms with E-state index in [9.17, 15) is 4.79 Å². The lowest BCUT2D eigenvalue weighted by Gasteiger charge is -1.79. The van der Waals surface area contributed by atoms with E-state index in [1.807, 2.05) is 5.32 Å². The van der Waals surface area contributed by atoms with Gasteiger partial charge in [0.2, 0.25) is 0 Å². The van der Waals surface area contributed by atoms with Gasteiger partial charge in [0.15, 0.2) is 0 Å². The van der Waals surface area contributed by atoms with E-state index >= 15 is 0 Å². The average molecular weight is 205 g/mol. The van der Waals surface area contributed by atoms with Crippen LogP contribution in [0.1, 0.15) is 0 Å². The van der Waals surface area contributed by atoms with Gasteiger partial charge in [0, 0.05) is 35.6 Å². The number of hydrogen-bond acceptors (Lipinski definition) is 1. The number of hydrogen-bond donors (Lipinski definition) is 2. The Balaban J connectivity index is 4.14. The molecular weight excluding hydrogens is 202 g/mol. The predicted molar refractivity (Wildman–Crippen MR) is 58.9 cm³/mol. The summed E-state index contributed by atoms with van der Waals surface area (Å²) in [5.74, 6) is 23.1. The Morgan fingerprint density at radius 3 is 1.75 bits per heavy atom. The molecule has 3 heteroatoms. The first-order chi connectivity index (χ1) is 7.77. The molecule has 0 saturated carbocycles. The largest absolute Gasteiger partial charge is 0.464 e. The Labute approximate surface area is 93.6 Å². The van der Waals surface area contributed by atoms with Gasteiger partial charge in [-0.25, -0.2) is 10.1 Å². The fraction of sp³-hybridized carbons (Fsp3) is 0. The topological polar surface area (TPSA) is 49.3 Å². The molecule has 0 bridgehead atoms. The molecule has 0 rings (SSSR count). The Bertz CT molecular complexity index is 609. The highest BCUT2D eigenvalue weighted by Gasteiger charge is 1.82. The van der Waals surface area contributed by atoms with Gasteiger partial charge >= 0.3 is 6.09 Å². The first kappa shape index (κ1) is 12.6. The number of amides is 1. The molecule has 16 heavy (non-hydrogen) atoms. The lowest BCUT2D eigenvalue weighted by molar-refractivity contribution is 0.199. The summed E-state index contributed by atoms with van der Waals surface area (Å²) in [6.45, 7) is 0. The van der Waals surface area contributed by atoms with E-state index in [0.717, 1.165) is 0 Å². The van der Waals surface area contributed by atoms with E-state index in [1.165, 1.54) is 0 Å². The summed E-state index contributed by atoms with van der Waals surface area (Å²) < 4.78 is 0. The summed E-state index contributed by atoms with van der Waals surface area (Å²) in [4.78, 5) is 9.92. The van der Waals surface area contributed by atoms with Gasteiger partial charge < -0.3 is 5.11 Å². The lowest BCUT2D eigenvalue weighted by atomic mass is 10.5. The molecule has 0 atom stereocenters. The van der Waals surface area contributed by atoms with Crippen LogP contribution in [0.25, 0.3) is 0 Å². The molecule has 0 aromatic rings. The molecule has 0 aromatic carbocycles. The van der Waals surface area contributed by atoms with Crippen LogP contribution in [-0.4, -0.2) is 11.2 Å². The Morgan fingerprint density at radius 1 is 0.875 bits per heavy atom. The zero-order valence-electron chi connectivity index (χ0n) is 7.93. The first-order valence-electron chi connectivity index (χ1n) is 3.72. The van der Waals surface area contributed by atoms with Crippen LogP contribution in [0.5, 0.6) is 0 Å². The van der Waals surface area contributed by atoms with Crippen molar-refractivity contribution in [2.45, 2.75) is 0 Å². The summed E-state index contributed by atoms with van der Waals surface area (Å²) in [5.41, 5.74) is 0.